The number of fused-ring (bicyclic) bond motifs is 1. The third-order valence-electron chi connectivity index (χ3n) is 5.78. The predicted octanol–water partition coefficient (Wildman–Crippen LogP) is 5.07. The normalized spacial score (nSPS) is 11.6. The van der Waals surface area contributed by atoms with E-state index >= 15 is 0 Å². The average Bonchev–Trinajstić information content (AvgIpc) is 2.89. The van der Waals surface area contributed by atoms with Crippen LogP contribution in [0.2, 0.25) is 10.0 Å². The van der Waals surface area contributed by atoms with Gasteiger partial charge in [0.15, 0.2) is 5.65 Å². The molecule has 0 fully saturated rings. The maximum atomic E-state index is 13.4. The first-order chi connectivity index (χ1) is 18.9. The Morgan fingerprint density at radius 1 is 1.07 bits per heavy atom. The Kier molecular flexibility index (Phi) is 8.52. The van der Waals surface area contributed by atoms with Crippen molar-refractivity contribution in [2.45, 2.75) is 6.18 Å². The van der Waals surface area contributed by atoms with E-state index in [0.29, 0.717) is 23.9 Å². The molecule has 2 aromatic heterocycles. The van der Waals surface area contributed by atoms with Gasteiger partial charge in [0.1, 0.15) is 7.11 Å². The van der Waals surface area contributed by atoms with Gasteiger partial charge in [-0.1, -0.05) is 23.2 Å². The molecule has 40 heavy (non-hydrogen) atoms. The van der Waals surface area contributed by atoms with Crippen LogP contribution < -0.4 is 21.0 Å². The third-order valence-corrected chi connectivity index (χ3v) is 6.44. The minimum Gasteiger partial charge on any atom is -0.412 e. The summed E-state index contributed by atoms with van der Waals surface area (Å²) >= 11 is 12.1. The fourth-order valence-electron chi connectivity index (χ4n) is 3.80. The van der Waals surface area contributed by atoms with Crippen molar-refractivity contribution in [3.8, 4) is 11.1 Å². The monoisotopic (exact) mass is 594 g/mol. The Balaban J connectivity index is 1.69. The Labute approximate surface area is 236 Å². The second-order valence-electron chi connectivity index (χ2n) is 8.88. The summed E-state index contributed by atoms with van der Waals surface area (Å²) in [5.74, 6) is -0.503. The van der Waals surface area contributed by atoms with E-state index < -0.39 is 28.2 Å². The fraction of sp³-hybridized carbons (Fsp3) is 0.231. The van der Waals surface area contributed by atoms with E-state index in [-0.39, 0.29) is 33.0 Å². The highest BCUT2D eigenvalue weighted by Crippen LogP contribution is 2.35. The van der Waals surface area contributed by atoms with Crippen molar-refractivity contribution in [2.75, 3.05) is 44.9 Å². The van der Waals surface area contributed by atoms with Gasteiger partial charge in [-0.05, 0) is 56.6 Å². The quantitative estimate of drug-likeness (QED) is 0.294. The van der Waals surface area contributed by atoms with Gasteiger partial charge in [0.25, 0.3) is 11.5 Å². The van der Waals surface area contributed by atoms with Crippen molar-refractivity contribution in [2.24, 2.45) is 0 Å². The number of amides is 1. The molecular weight excluding hydrogens is 572 g/mol. The predicted molar refractivity (Wildman–Crippen MR) is 148 cm³/mol. The van der Waals surface area contributed by atoms with Gasteiger partial charge in [0, 0.05) is 46.5 Å². The first-order valence-electron chi connectivity index (χ1n) is 11.7. The molecule has 2 aromatic carbocycles. The summed E-state index contributed by atoms with van der Waals surface area (Å²) in [5.41, 5.74) is -1.18. The Bertz CT molecular complexity index is 1640. The maximum Gasteiger partial charge on any atom is 0.417 e. The first kappa shape index (κ1) is 29.1. The van der Waals surface area contributed by atoms with E-state index in [1.165, 1.54) is 37.6 Å². The number of nitrogens with one attached hydrogen (secondary N) is 2. The van der Waals surface area contributed by atoms with Crippen LogP contribution in [0.15, 0.2) is 53.5 Å². The molecule has 0 bridgehead atoms. The molecule has 0 spiro atoms. The summed E-state index contributed by atoms with van der Waals surface area (Å²) in [6, 6.07) is 8.71. The van der Waals surface area contributed by atoms with E-state index in [1.807, 2.05) is 19.0 Å². The number of likely N-dealkylation sites (N-methyl/N-ethyl adjacent to an activating group) is 1. The highest BCUT2D eigenvalue weighted by atomic mass is 35.5. The van der Waals surface area contributed by atoms with Crippen molar-refractivity contribution in [1.82, 2.24) is 19.6 Å². The van der Waals surface area contributed by atoms with Crippen LogP contribution in [0.4, 0.5) is 24.8 Å². The van der Waals surface area contributed by atoms with Crippen LogP contribution in [0.3, 0.4) is 0 Å². The minimum absolute atomic E-state index is 0.123. The molecule has 0 aliphatic carbocycles. The van der Waals surface area contributed by atoms with Crippen molar-refractivity contribution in [3.05, 3.63) is 80.2 Å². The fourth-order valence-corrected chi connectivity index (χ4v) is 4.25. The zero-order chi connectivity index (χ0) is 29.2. The van der Waals surface area contributed by atoms with Crippen LogP contribution in [-0.4, -0.2) is 59.8 Å². The van der Waals surface area contributed by atoms with Crippen molar-refractivity contribution in [1.29, 1.82) is 0 Å². The summed E-state index contributed by atoms with van der Waals surface area (Å²) in [6.45, 7) is 1.32. The summed E-state index contributed by atoms with van der Waals surface area (Å²) in [4.78, 5) is 42.1. The number of pyridine rings is 1. The smallest absolute Gasteiger partial charge is 0.412 e. The largest absolute Gasteiger partial charge is 0.417 e. The second-order valence-corrected chi connectivity index (χ2v) is 9.70. The average molecular weight is 595 g/mol. The lowest BCUT2D eigenvalue weighted by molar-refractivity contribution is -0.137. The molecule has 0 saturated heterocycles. The molecule has 9 nitrogen and oxygen atoms in total. The molecule has 210 valence electrons. The van der Waals surface area contributed by atoms with Gasteiger partial charge in [-0.3, -0.25) is 9.59 Å². The molecule has 2 heterocycles. The van der Waals surface area contributed by atoms with Crippen molar-refractivity contribution < 1.29 is 22.8 Å². The highest BCUT2D eigenvalue weighted by molar-refractivity contribution is 6.33. The third kappa shape index (κ3) is 6.30. The maximum absolute atomic E-state index is 13.4. The standard InChI is InChI=1S/C26H23Cl2F3N6O3/c1-36(2)9-8-32-25-33-13-15-10-18(24(39)37(40-3)22(15)35-25)17-12-16(5-7-20(17)27)34-23(38)14-4-6-21(28)19(11-14)26(29,30)31/h4-7,10-13H,8-9H2,1-3H3,(H,34,38)(H,32,33,35). The van der Waals surface area contributed by atoms with E-state index in [4.69, 9.17) is 28.0 Å². The van der Waals surface area contributed by atoms with E-state index in [2.05, 4.69) is 20.6 Å². The molecule has 0 radical (unpaired) electrons. The molecule has 1 amide bonds. The summed E-state index contributed by atoms with van der Waals surface area (Å²) in [5, 5.41) is 5.75. The van der Waals surface area contributed by atoms with Crippen LogP contribution >= 0.6 is 23.2 Å². The molecule has 14 heteroatoms. The molecule has 0 aliphatic rings. The Morgan fingerprint density at radius 2 is 1.80 bits per heavy atom. The number of hydrogen-bond donors (Lipinski definition) is 2. The number of benzene rings is 2. The van der Waals surface area contributed by atoms with Crippen molar-refractivity contribution in [3.63, 3.8) is 0 Å². The zero-order valence-corrected chi connectivity index (χ0v) is 22.9. The number of nitrogens with zero attached hydrogens (tertiary/aromatic N) is 4. The van der Waals surface area contributed by atoms with Crippen LogP contribution in [0.1, 0.15) is 15.9 Å². The van der Waals surface area contributed by atoms with Gasteiger partial charge >= 0.3 is 6.18 Å². The number of halogens is 5. The SMILES string of the molecule is COn1c(=O)c(-c2cc(NC(=O)c3ccc(Cl)c(C(F)(F)F)c3)ccc2Cl)cc2cnc(NCCN(C)C)nc21. The number of anilines is 2. The highest BCUT2D eigenvalue weighted by Gasteiger charge is 2.34. The molecular formula is C26H23Cl2F3N6O3. The molecule has 0 saturated carbocycles. The Hall–Kier alpha value is -3.87. The first-order valence-corrected chi connectivity index (χ1v) is 12.5. The number of alkyl halides is 3. The number of carbonyl (C=O) groups excluding carboxylic acids is 1. The molecule has 0 atom stereocenters. The van der Waals surface area contributed by atoms with Crippen LogP contribution in [0.5, 0.6) is 0 Å². The van der Waals surface area contributed by atoms with Gasteiger partial charge in [-0.2, -0.15) is 18.2 Å². The van der Waals surface area contributed by atoms with E-state index in [0.717, 1.165) is 17.3 Å². The van der Waals surface area contributed by atoms with Crippen LogP contribution in [-0.2, 0) is 6.18 Å². The molecule has 4 rings (SSSR count). The molecule has 4 aromatic rings. The topological polar surface area (TPSA) is 101 Å². The van der Waals surface area contributed by atoms with Gasteiger partial charge in [0.2, 0.25) is 5.95 Å². The molecule has 0 unspecified atom stereocenters. The van der Waals surface area contributed by atoms with Crippen molar-refractivity contribution >= 4 is 51.8 Å². The summed E-state index contributed by atoms with van der Waals surface area (Å²) in [7, 11) is 5.17. The van der Waals surface area contributed by atoms with E-state index in [1.54, 1.807) is 6.07 Å². The second kappa shape index (κ2) is 11.7. The van der Waals surface area contributed by atoms with Gasteiger partial charge in [-0.25, -0.2) is 4.98 Å². The minimum atomic E-state index is -4.73. The van der Waals surface area contributed by atoms with Gasteiger partial charge in [0.05, 0.1) is 16.1 Å². The van der Waals surface area contributed by atoms with Crippen LogP contribution in [0, 0.1) is 0 Å². The number of aromatic nitrogens is 3. The lowest BCUT2D eigenvalue weighted by atomic mass is 10.0. The molecule has 2 N–H and O–H groups in total. The lowest BCUT2D eigenvalue weighted by Gasteiger charge is -2.14. The summed E-state index contributed by atoms with van der Waals surface area (Å²) in [6.07, 6.45) is -3.21. The van der Waals surface area contributed by atoms with Gasteiger partial charge < -0.3 is 20.4 Å². The van der Waals surface area contributed by atoms with Gasteiger partial charge in [-0.15, -0.1) is 4.73 Å². The van der Waals surface area contributed by atoms with E-state index in [9.17, 15) is 22.8 Å². The summed E-state index contributed by atoms with van der Waals surface area (Å²) < 4.78 is 40.7. The number of carbonyl (C=O) groups is 1. The molecule has 0 aliphatic heterocycles. The number of hydrogen-bond acceptors (Lipinski definition) is 7. The van der Waals surface area contributed by atoms with Crippen LogP contribution in [0.25, 0.3) is 22.2 Å². The Morgan fingerprint density at radius 3 is 2.48 bits per heavy atom. The lowest BCUT2D eigenvalue weighted by Crippen LogP contribution is -2.28. The zero-order valence-electron chi connectivity index (χ0n) is 21.4. The number of rotatable bonds is 8.